The summed E-state index contributed by atoms with van der Waals surface area (Å²) in [6.07, 6.45) is 5.14. The molecule has 0 bridgehead atoms. The first kappa shape index (κ1) is 30.1. The molecule has 1 saturated carbocycles. The third kappa shape index (κ3) is 7.67. The Labute approximate surface area is 243 Å². The highest BCUT2D eigenvalue weighted by atomic mass is 32.2. The monoisotopic (exact) mass is 577 g/mol. The van der Waals surface area contributed by atoms with E-state index in [9.17, 15) is 18.0 Å². The number of sulfonamides is 1. The van der Waals surface area contributed by atoms with Gasteiger partial charge in [-0.15, -0.1) is 0 Å². The van der Waals surface area contributed by atoms with Crippen LogP contribution in [0.5, 0.6) is 5.75 Å². The summed E-state index contributed by atoms with van der Waals surface area (Å²) >= 11 is 0. The number of hydrogen-bond donors (Lipinski definition) is 1. The molecule has 2 amide bonds. The predicted molar refractivity (Wildman–Crippen MR) is 160 cm³/mol. The van der Waals surface area contributed by atoms with Crippen molar-refractivity contribution in [2.45, 2.75) is 69.5 Å². The van der Waals surface area contributed by atoms with Crippen LogP contribution in [0, 0.1) is 6.92 Å². The minimum atomic E-state index is -4.10. The zero-order valence-electron chi connectivity index (χ0n) is 24.0. The van der Waals surface area contributed by atoms with E-state index in [0.29, 0.717) is 11.4 Å². The van der Waals surface area contributed by atoms with E-state index in [4.69, 9.17) is 4.74 Å². The van der Waals surface area contributed by atoms with Crippen molar-refractivity contribution in [1.29, 1.82) is 0 Å². The Morgan fingerprint density at radius 2 is 1.56 bits per heavy atom. The van der Waals surface area contributed by atoms with Gasteiger partial charge in [0.15, 0.2) is 0 Å². The van der Waals surface area contributed by atoms with Crippen LogP contribution in [-0.4, -0.2) is 50.9 Å². The highest BCUT2D eigenvalue weighted by Gasteiger charge is 2.33. The number of nitrogens with one attached hydrogen (secondary N) is 1. The molecule has 0 spiro atoms. The van der Waals surface area contributed by atoms with Gasteiger partial charge >= 0.3 is 0 Å². The van der Waals surface area contributed by atoms with E-state index in [-0.39, 0.29) is 23.4 Å². The molecule has 0 saturated heterocycles. The van der Waals surface area contributed by atoms with Crippen molar-refractivity contribution in [2.75, 3.05) is 18.0 Å². The number of methoxy groups -OCH3 is 1. The van der Waals surface area contributed by atoms with Crippen molar-refractivity contribution in [3.8, 4) is 5.75 Å². The van der Waals surface area contributed by atoms with Crippen molar-refractivity contribution < 1.29 is 22.7 Å². The molecule has 0 unspecified atom stereocenters. The lowest BCUT2D eigenvalue weighted by Gasteiger charge is -2.33. The van der Waals surface area contributed by atoms with Crippen molar-refractivity contribution >= 4 is 27.5 Å². The molecule has 1 atom stereocenters. The van der Waals surface area contributed by atoms with E-state index in [2.05, 4.69) is 5.32 Å². The summed E-state index contributed by atoms with van der Waals surface area (Å²) in [5.41, 5.74) is 2.25. The van der Waals surface area contributed by atoms with Gasteiger partial charge in [-0.2, -0.15) is 0 Å². The zero-order chi connectivity index (χ0) is 29.4. The number of carbonyl (C=O) groups is 2. The van der Waals surface area contributed by atoms with Crippen LogP contribution >= 0.6 is 0 Å². The first-order valence-corrected chi connectivity index (χ1v) is 15.5. The largest absolute Gasteiger partial charge is 0.497 e. The van der Waals surface area contributed by atoms with Gasteiger partial charge in [0.25, 0.3) is 10.0 Å². The summed E-state index contributed by atoms with van der Waals surface area (Å²) in [6, 6.07) is 21.6. The van der Waals surface area contributed by atoms with Gasteiger partial charge in [0.1, 0.15) is 18.3 Å². The van der Waals surface area contributed by atoms with Crippen molar-refractivity contribution in [1.82, 2.24) is 10.2 Å². The van der Waals surface area contributed by atoms with Crippen LogP contribution in [0.3, 0.4) is 0 Å². The van der Waals surface area contributed by atoms with Crippen molar-refractivity contribution in [3.63, 3.8) is 0 Å². The lowest BCUT2D eigenvalue weighted by atomic mass is 9.95. The van der Waals surface area contributed by atoms with Crippen LogP contribution in [0.1, 0.15) is 50.2 Å². The van der Waals surface area contributed by atoms with E-state index < -0.39 is 28.5 Å². The Hall–Kier alpha value is -3.85. The molecule has 3 aromatic rings. The summed E-state index contributed by atoms with van der Waals surface area (Å²) < 4.78 is 34.0. The van der Waals surface area contributed by atoms with Gasteiger partial charge in [-0.1, -0.05) is 67.3 Å². The quantitative estimate of drug-likeness (QED) is 0.344. The van der Waals surface area contributed by atoms with Gasteiger partial charge in [0, 0.05) is 12.6 Å². The van der Waals surface area contributed by atoms with Crippen molar-refractivity contribution in [3.05, 3.63) is 90.0 Å². The Morgan fingerprint density at radius 1 is 0.927 bits per heavy atom. The Morgan fingerprint density at radius 3 is 2.17 bits per heavy atom. The molecule has 1 aliphatic carbocycles. The standard InChI is InChI=1S/C32H39N3O5S/c1-24-14-16-26(17-15-24)22-34(25(2)32(37)33-27-10-6-4-7-11-27)31(36)23-35(28-18-20-29(40-3)21-19-28)41(38,39)30-12-8-5-9-13-30/h5,8-9,12-21,25,27H,4,6-7,10-11,22-23H2,1-3H3,(H,33,37)/t25-/m1/s1. The summed E-state index contributed by atoms with van der Waals surface area (Å²) in [5.74, 6) is -0.155. The van der Waals surface area contributed by atoms with E-state index in [0.717, 1.165) is 47.5 Å². The minimum absolute atomic E-state index is 0.0665. The van der Waals surface area contributed by atoms with Crippen LogP contribution in [0.4, 0.5) is 5.69 Å². The number of amides is 2. The molecular formula is C32H39N3O5S. The molecule has 0 aromatic heterocycles. The fourth-order valence-corrected chi connectivity index (χ4v) is 6.47. The van der Waals surface area contributed by atoms with Gasteiger partial charge in [0.2, 0.25) is 11.8 Å². The number of carbonyl (C=O) groups excluding carboxylic acids is 2. The Kier molecular flexibility index (Phi) is 10.0. The van der Waals surface area contributed by atoms with Crippen LogP contribution in [0.2, 0.25) is 0 Å². The van der Waals surface area contributed by atoms with Gasteiger partial charge in [-0.05, 0) is 68.7 Å². The Balaban J connectivity index is 1.66. The molecule has 1 N–H and O–H groups in total. The highest BCUT2D eigenvalue weighted by molar-refractivity contribution is 7.92. The van der Waals surface area contributed by atoms with Crippen molar-refractivity contribution in [2.24, 2.45) is 0 Å². The maximum absolute atomic E-state index is 14.1. The lowest BCUT2D eigenvalue weighted by molar-refractivity contribution is -0.139. The molecule has 1 aliphatic rings. The number of rotatable bonds is 11. The third-order valence-electron chi connectivity index (χ3n) is 7.56. The molecule has 0 heterocycles. The van der Waals surface area contributed by atoms with E-state index in [1.165, 1.54) is 24.1 Å². The van der Waals surface area contributed by atoms with Crippen LogP contribution in [-0.2, 0) is 26.2 Å². The lowest BCUT2D eigenvalue weighted by Crippen LogP contribution is -2.53. The SMILES string of the molecule is COc1ccc(N(CC(=O)N(Cc2ccc(C)cc2)[C@H](C)C(=O)NC2CCCCC2)S(=O)(=O)c2ccccc2)cc1. The molecule has 4 rings (SSSR count). The normalized spacial score (nSPS) is 14.6. The summed E-state index contributed by atoms with van der Waals surface area (Å²) in [6.45, 7) is 3.37. The van der Waals surface area contributed by atoms with Gasteiger partial charge in [-0.3, -0.25) is 13.9 Å². The second-order valence-corrected chi connectivity index (χ2v) is 12.4. The molecule has 41 heavy (non-hydrogen) atoms. The Bertz CT molecular complexity index is 1400. The second-order valence-electron chi connectivity index (χ2n) is 10.5. The first-order chi connectivity index (χ1) is 19.7. The number of ether oxygens (including phenoxy) is 1. The molecule has 9 heteroatoms. The van der Waals surface area contributed by atoms with Gasteiger partial charge < -0.3 is 15.0 Å². The third-order valence-corrected chi connectivity index (χ3v) is 9.35. The van der Waals surface area contributed by atoms with E-state index in [1.807, 2.05) is 31.2 Å². The molecule has 0 aliphatic heterocycles. The summed E-state index contributed by atoms with van der Waals surface area (Å²) in [7, 11) is -2.58. The topological polar surface area (TPSA) is 96.0 Å². The minimum Gasteiger partial charge on any atom is -0.497 e. The predicted octanol–water partition coefficient (Wildman–Crippen LogP) is 5.07. The van der Waals surface area contributed by atoms with Gasteiger partial charge in [0.05, 0.1) is 17.7 Å². The van der Waals surface area contributed by atoms with Gasteiger partial charge in [-0.25, -0.2) is 8.42 Å². The zero-order valence-corrected chi connectivity index (χ0v) is 24.8. The first-order valence-electron chi connectivity index (χ1n) is 14.1. The number of nitrogens with zero attached hydrogens (tertiary/aromatic N) is 2. The van der Waals surface area contributed by atoms with Crippen LogP contribution in [0.25, 0.3) is 0 Å². The number of hydrogen-bond acceptors (Lipinski definition) is 5. The molecule has 1 fully saturated rings. The molecular weight excluding hydrogens is 538 g/mol. The molecule has 3 aromatic carbocycles. The van der Waals surface area contributed by atoms with E-state index in [1.54, 1.807) is 49.4 Å². The summed E-state index contributed by atoms with van der Waals surface area (Å²) in [5, 5.41) is 3.12. The number of anilines is 1. The fraction of sp³-hybridized carbons (Fsp3) is 0.375. The fourth-order valence-electron chi connectivity index (χ4n) is 5.04. The molecule has 0 radical (unpaired) electrons. The number of benzene rings is 3. The molecule has 218 valence electrons. The van der Waals surface area contributed by atoms with E-state index >= 15 is 0 Å². The number of aryl methyl sites for hydroxylation is 1. The molecule has 8 nitrogen and oxygen atoms in total. The average Bonchev–Trinajstić information content (AvgIpc) is 3.00. The van der Waals surface area contributed by atoms with Crippen LogP contribution < -0.4 is 14.4 Å². The summed E-state index contributed by atoms with van der Waals surface area (Å²) in [4.78, 5) is 29.0. The maximum atomic E-state index is 14.1. The second kappa shape index (κ2) is 13.7. The van der Waals surface area contributed by atoms with Crippen LogP contribution in [0.15, 0.2) is 83.8 Å². The maximum Gasteiger partial charge on any atom is 0.264 e. The average molecular weight is 578 g/mol. The highest BCUT2D eigenvalue weighted by Crippen LogP contribution is 2.27. The smallest absolute Gasteiger partial charge is 0.264 e.